The van der Waals surface area contributed by atoms with E-state index in [0.29, 0.717) is 17.7 Å². The van der Waals surface area contributed by atoms with Gasteiger partial charge in [-0.15, -0.1) is 0 Å². The second kappa shape index (κ2) is 5.16. The normalized spacial score (nSPS) is 11.2. The summed E-state index contributed by atoms with van der Waals surface area (Å²) in [5.74, 6) is 0.473. The maximum absolute atomic E-state index is 10.6. The molecule has 86 valence electrons. The minimum atomic E-state index is -0.455. The number of rotatable bonds is 4. The van der Waals surface area contributed by atoms with Crippen molar-refractivity contribution in [3.8, 4) is 11.5 Å². The van der Waals surface area contributed by atoms with Crippen LogP contribution in [0.3, 0.4) is 0 Å². The first-order valence-electron chi connectivity index (χ1n) is 4.80. The second-order valence-corrected chi connectivity index (χ2v) is 3.17. The van der Waals surface area contributed by atoms with Crippen molar-refractivity contribution in [1.29, 1.82) is 0 Å². The average Bonchev–Trinajstić information content (AvgIpc) is 2.26. The van der Waals surface area contributed by atoms with Gasteiger partial charge in [-0.1, -0.05) is 6.92 Å². The molecule has 0 atom stereocenters. The number of ether oxygens (including phenoxy) is 1. The molecule has 5 heteroatoms. The Hall–Kier alpha value is -2.04. The van der Waals surface area contributed by atoms with E-state index in [4.69, 9.17) is 4.74 Å². The summed E-state index contributed by atoms with van der Waals surface area (Å²) >= 11 is 0. The van der Waals surface area contributed by atoms with Crippen molar-refractivity contribution in [2.75, 3.05) is 7.11 Å². The molecule has 1 aromatic carbocycles. The van der Waals surface area contributed by atoms with E-state index < -0.39 is 4.92 Å². The molecule has 0 saturated heterocycles. The quantitative estimate of drug-likeness (QED) is 0.628. The van der Waals surface area contributed by atoms with E-state index in [1.807, 2.05) is 0 Å². The molecule has 5 nitrogen and oxygen atoms in total. The van der Waals surface area contributed by atoms with Crippen LogP contribution >= 0.6 is 0 Å². The number of nitrogens with zero attached hydrogens (tertiary/aromatic N) is 1. The molecule has 0 radical (unpaired) electrons. The average molecular weight is 223 g/mol. The fraction of sp³-hybridized carbons (Fsp3) is 0.273. The lowest BCUT2D eigenvalue weighted by Gasteiger charge is -2.03. The lowest BCUT2D eigenvalue weighted by Crippen LogP contribution is -1.96. The minimum Gasteiger partial charge on any atom is -0.507 e. The van der Waals surface area contributed by atoms with Crippen LogP contribution in [0.15, 0.2) is 23.9 Å². The van der Waals surface area contributed by atoms with E-state index in [9.17, 15) is 15.2 Å². The molecule has 0 heterocycles. The second-order valence-electron chi connectivity index (χ2n) is 3.17. The maximum Gasteiger partial charge on any atom is 0.246 e. The first kappa shape index (κ1) is 12.0. The van der Waals surface area contributed by atoms with Gasteiger partial charge >= 0.3 is 0 Å². The smallest absolute Gasteiger partial charge is 0.246 e. The molecule has 0 aliphatic carbocycles. The van der Waals surface area contributed by atoms with Gasteiger partial charge in [0.2, 0.25) is 5.70 Å². The number of nitro groups is 1. The van der Waals surface area contributed by atoms with Gasteiger partial charge in [0.1, 0.15) is 11.5 Å². The molecule has 0 fully saturated rings. The van der Waals surface area contributed by atoms with Crippen molar-refractivity contribution in [2.24, 2.45) is 0 Å². The molecule has 1 aromatic rings. The zero-order valence-corrected chi connectivity index (χ0v) is 9.14. The summed E-state index contributed by atoms with van der Waals surface area (Å²) in [6.07, 6.45) is 1.66. The molecule has 0 spiro atoms. The minimum absolute atomic E-state index is 0.0350. The summed E-state index contributed by atoms with van der Waals surface area (Å²) in [6, 6.07) is 4.63. The molecule has 0 aliphatic heterocycles. The number of benzene rings is 1. The summed E-state index contributed by atoms with van der Waals surface area (Å²) in [5.41, 5.74) is 0.467. The Morgan fingerprint density at radius 1 is 1.62 bits per heavy atom. The van der Waals surface area contributed by atoms with Gasteiger partial charge in [0.25, 0.3) is 0 Å². The van der Waals surface area contributed by atoms with Crippen LogP contribution in [0, 0.1) is 10.1 Å². The van der Waals surface area contributed by atoms with Crippen molar-refractivity contribution in [1.82, 2.24) is 0 Å². The van der Waals surface area contributed by atoms with E-state index in [0.717, 1.165) is 0 Å². The van der Waals surface area contributed by atoms with E-state index in [-0.39, 0.29) is 11.4 Å². The Labute approximate surface area is 93.1 Å². The topological polar surface area (TPSA) is 72.6 Å². The van der Waals surface area contributed by atoms with Gasteiger partial charge in [-0.3, -0.25) is 10.1 Å². The van der Waals surface area contributed by atoms with Crippen LogP contribution in [-0.4, -0.2) is 17.1 Å². The van der Waals surface area contributed by atoms with Gasteiger partial charge in [0.05, 0.1) is 12.0 Å². The highest BCUT2D eigenvalue weighted by atomic mass is 16.6. The molecule has 1 rings (SSSR count). The number of hydrogen-bond donors (Lipinski definition) is 1. The SMILES string of the molecule is CCC(=Cc1ccc(OC)cc1O)[N+](=O)[O-]. The fourth-order valence-corrected chi connectivity index (χ4v) is 1.24. The molecule has 0 unspecified atom stereocenters. The van der Waals surface area contributed by atoms with E-state index in [2.05, 4.69) is 0 Å². The van der Waals surface area contributed by atoms with Crippen LogP contribution in [0.5, 0.6) is 11.5 Å². The molecule has 0 saturated carbocycles. The van der Waals surface area contributed by atoms with Crippen LogP contribution in [0.1, 0.15) is 18.9 Å². The zero-order valence-electron chi connectivity index (χ0n) is 9.14. The molecule has 1 N–H and O–H groups in total. The van der Waals surface area contributed by atoms with Gasteiger partial charge in [-0.25, -0.2) is 0 Å². The van der Waals surface area contributed by atoms with Crippen molar-refractivity contribution in [2.45, 2.75) is 13.3 Å². The third-order valence-electron chi connectivity index (χ3n) is 2.16. The number of aromatic hydroxyl groups is 1. The molecule has 16 heavy (non-hydrogen) atoms. The Bertz CT molecular complexity index is 426. The van der Waals surface area contributed by atoms with Gasteiger partial charge in [-0.2, -0.15) is 0 Å². The van der Waals surface area contributed by atoms with Crippen LogP contribution in [0.25, 0.3) is 6.08 Å². The number of methoxy groups -OCH3 is 1. The Morgan fingerprint density at radius 2 is 2.31 bits per heavy atom. The number of allylic oxidation sites excluding steroid dienone is 1. The highest BCUT2D eigenvalue weighted by molar-refractivity contribution is 5.59. The first-order chi connectivity index (χ1) is 7.58. The standard InChI is InChI=1S/C11H13NO4/c1-3-9(12(14)15)6-8-4-5-10(16-2)7-11(8)13/h4-7,13H,3H2,1-2H3. The summed E-state index contributed by atoms with van der Waals surface area (Å²) in [5, 5.41) is 20.2. The van der Waals surface area contributed by atoms with Crippen molar-refractivity contribution in [3.05, 3.63) is 39.6 Å². The molecule has 0 bridgehead atoms. The highest BCUT2D eigenvalue weighted by Gasteiger charge is 2.09. The monoisotopic (exact) mass is 223 g/mol. The summed E-state index contributed by atoms with van der Waals surface area (Å²) in [6.45, 7) is 1.69. The van der Waals surface area contributed by atoms with Crippen molar-refractivity contribution < 1.29 is 14.8 Å². The lowest BCUT2D eigenvalue weighted by atomic mass is 10.1. The number of phenolic OH excluding ortho intramolecular Hbond substituents is 1. The highest BCUT2D eigenvalue weighted by Crippen LogP contribution is 2.25. The Morgan fingerprint density at radius 3 is 2.75 bits per heavy atom. The molecule has 0 aliphatic rings. The van der Waals surface area contributed by atoms with Crippen LogP contribution < -0.4 is 4.74 Å². The molecular formula is C11H13NO4. The third-order valence-corrected chi connectivity index (χ3v) is 2.16. The predicted molar refractivity (Wildman–Crippen MR) is 59.9 cm³/mol. The molecule has 0 amide bonds. The van der Waals surface area contributed by atoms with Gasteiger partial charge in [0, 0.05) is 24.1 Å². The first-order valence-corrected chi connectivity index (χ1v) is 4.80. The number of phenols is 1. The number of hydrogen-bond acceptors (Lipinski definition) is 4. The van der Waals surface area contributed by atoms with Gasteiger partial charge in [0.15, 0.2) is 0 Å². The third kappa shape index (κ3) is 2.73. The maximum atomic E-state index is 10.6. The predicted octanol–water partition coefficient (Wildman–Crippen LogP) is 2.43. The zero-order chi connectivity index (χ0) is 12.1. The largest absolute Gasteiger partial charge is 0.507 e. The summed E-state index contributed by atoms with van der Waals surface area (Å²) in [4.78, 5) is 10.1. The van der Waals surface area contributed by atoms with Gasteiger partial charge in [-0.05, 0) is 12.1 Å². The van der Waals surface area contributed by atoms with Gasteiger partial charge < -0.3 is 9.84 Å². The van der Waals surface area contributed by atoms with Crippen LogP contribution in [-0.2, 0) is 0 Å². The lowest BCUT2D eigenvalue weighted by molar-refractivity contribution is -0.425. The van der Waals surface area contributed by atoms with E-state index in [1.54, 1.807) is 19.1 Å². The Kier molecular flexibility index (Phi) is 3.88. The van der Waals surface area contributed by atoms with E-state index >= 15 is 0 Å². The van der Waals surface area contributed by atoms with Crippen molar-refractivity contribution >= 4 is 6.08 Å². The van der Waals surface area contributed by atoms with Crippen LogP contribution in [0.4, 0.5) is 0 Å². The molecule has 0 aromatic heterocycles. The van der Waals surface area contributed by atoms with Crippen LogP contribution in [0.2, 0.25) is 0 Å². The Balaban J connectivity index is 3.10. The summed E-state index contributed by atoms with van der Waals surface area (Å²) in [7, 11) is 1.48. The van der Waals surface area contributed by atoms with E-state index in [1.165, 1.54) is 19.3 Å². The fourth-order valence-electron chi connectivity index (χ4n) is 1.24. The van der Waals surface area contributed by atoms with Crippen molar-refractivity contribution in [3.63, 3.8) is 0 Å². The summed E-state index contributed by atoms with van der Waals surface area (Å²) < 4.78 is 4.91. The molecular weight excluding hydrogens is 210 g/mol.